The zero-order chi connectivity index (χ0) is 18.4. The smallest absolute Gasteiger partial charge is 0.130 e. The van der Waals surface area contributed by atoms with E-state index in [1.165, 1.54) is 0 Å². The third kappa shape index (κ3) is 4.59. The molecule has 0 amide bonds. The van der Waals surface area contributed by atoms with Gasteiger partial charge in [-0.15, -0.1) is 0 Å². The van der Waals surface area contributed by atoms with E-state index in [0.717, 1.165) is 53.9 Å². The Kier molecular flexibility index (Phi) is 5.84. The van der Waals surface area contributed by atoms with Crippen molar-refractivity contribution in [1.82, 2.24) is 19.7 Å². The van der Waals surface area contributed by atoms with Crippen molar-refractivity contribution in [2.24, 2.45) is 0 Å². The van der Waals surface area contributed by atoms with Gasteiger partial charge in [-0.25, -0.2) is 9.97 Å². The van der Waals surface area contributed by atoms with Crippen LogP contribution in [0.3, 0.4) is 0 Å². The van der Waals surface area contributed by atoms with E-state index in [1.54, 1.807) is 0 Å². The number of ether oxygens (including phenoxy) is 1. The molecule has 26 heavy (non-hydrogen) atoms. The number of anilines is 1. The number of hydrogen-bond acceptors (Lipinski definition) is 5. The van der Waals surface area contributed by atoms with Crippen LogP contribution in [0, 0.1) is 13.8 Å². The largest absolute Gasteiger partial charge is 0.493 e. The van der Waals surface area contributed by atoms with Crippen molar-refractivity contribution in [1.29, 1.82) is 0 Å². The standard InChI is InChI=1S/C20H25N5O/c1-4-25-12-10-17(24-25)18-14-20(23-16(3)22-18)21-11-7-13-26-19-9-6-5-8-15(19)2/h5-6,8-10,12,14H,4,7,11,13H2,1-3H3,(H,21,22,23). The maximum absolute atomic E-state index is 5.82. The Bertz CT molecular complexity index is 859. The van der Waals surface area contributed by atoms with E-state index in [9.17, 15) is 0 Å². The van der Waals surface area contributed by atoms with Crippen molar-refractivity contribution < 1.29 is 4.74 Å². The molecule has 0 radical (unpaired) electrons. The van der Waals surface area contributed by atoms with Crippen molar-refractivity contribution >= 4 is 5.82 Å². The molecule has 1 N–H and O–H groups in total. The Balaban J connectivity index is 1.54. The fourth-order valence-electron chi connectivity index (χ4n) is 2.65. The molecule has 0 bridgehead atoms. The summed E-state index contributed by atoms with van der Waals surface area (Å²) >= 11 is 0. The van der Waals surface area contributed by atoms with Gasteiger partial charge >= 0.3 is 0 Å². The number of hydrogen-bond donors (Lipinski definition) is 1. The van der Waals surface area contributed by atoms with Gasteiger partial charge in [0.15, 0.2) is 0 Å². The van der Waals surface area contributed by atoms with Crippen molar-refractivity contribution in [3.05, 3.63) is 54.0 Å². The number of nitrogens with one attached hydrogen (secondary N) is 1. The lowest BCUT2D eigenvalue weighted by Gasteiger charge is -2.10. The molecule has 0 aliphatic heterocycles. The highest BCUT2D eigenvalue weighted by molar-refractivity contribution is 5.58. The van der Waals surface area contributed by atoms with Crippen LogP contribution in [-0.2, 0) is 6.54 Å². The second-order valence-corrected chi connectivity index (χ2v) is 6.14. The molecule has 3 rings (SSSR count). The van der Waals surface area contributed by atoms with Crippen molar-refractivity contribution in [3.63, 3.8) is 0 Å². The van der Waals surface area contributed by atoms with Crippen LogP contribution in [0.2, 0.25) is 0 Å². The summed E-state index contributed by atoms with van der Waals surface area (Å²) in [6, 6.07) is 12.0. The molecule has 0 fully saturated rings. The van der Waals surface area contributed by atoms with E-state index in [2.05, 4.69) is 40.3 Å². The lowest BCUT2D eigenvalue weighted by molar-refractivity contribution is 0.313. The summed E-state index contributed by atoms with van der Waals surface area (Å²) in [5.74, 6) is 2.49. The van der Waals surface area contributed by atoms with E-state index in [0.29, 0.717) is 6.61 Å². The zero-order valence-corrected chi connectivity index (χ0v) is 15.6. The lowest BCUT2D eigenvalue weighted by atomic mass is 10.2. The number of para-hydroxylation sites is 1. The van der Waals surface area contributed by atoms with Gasteiger partial charge in [0.1, 0.15) is 23.1 Å². The quantitative estimate of drug-likeness (QED) is 0.624. The van der Waals surface area contributed by atoms with Gasteiger partial charge in [-0.05, 0) is 44.9 Å². The molecule has 0 aliphatic carbocycles. The SMILES string of the molecule is CCn1ccc(-c2cc(NCCCOc3ccccc3C)nc(C)n2)n1. The van der Waals surface area contributed by atoms with Gasteiger partial charge in [-0.2, -0.15) is 5.10 Å². The first kappa shape index (κ1) is 17.9. The fraction of sp³-hybridized carbons (Fsp3) is 0.350. The minimum atomic E-state index is 0.662. The van der Waals surface area contributed by atoms with Crippen LogP contribution in [0.15, 0.2) is 42.6 Å². The van der Waals surface area contributed by atoms with Gasteiger partial charge in [-0.3, -0.25) is 4.68 Å². The molecule has 6 heteroatoms. The van der Waals surface area contributed by atoms with Gasteiger partial charge in [-0.1, -0.05) is 18.2 Å². The third-order valence-electron chi connectivity index (χ3n) is 4.04. The third-order valence-corrected chi connectivity index (χ3v) is 4.04. The number of benzene rings is 1. The molecular formula is C20H25N5O. The number of rotatable bonds is 8. The Morgan fingerprint density at radius 3 is 2.69 bits per heavy atom. The molecule has 6 nitrogen and oxygen atoms in total. The Morgan fingerprint density at radius 2 is 1.92 bits per heavy atom. The second-order valence-electron chi connectivity index (χ2n) is 6.14. The van der Waals surface area contributed by atoms with Gasteiger partial charge < -0.3 is 10.1 Å². The van der Waals surface area contributed by atoms with Gasteiger partial charge in [0.25, 0.3) is 0 Å². The van der Waals surface area contributed by atoms with E-state index in [1.807, 2.05) is 48.1 Å². The second kappa shape index (κ2) is 8.47. The molecule has 0 saturated carbocycles. The van der Waals surface area contributed by atoms with Crippen LogP contribution in [0.25, 0.3) is 11.4 Å². The lowest BCUT2D eigenvalue weighted by Crippen LogP contribution is -2.09. The van der Waals surface area contributed by atoms with Crippen molar-refractivity contribution in [2.75, 3.05) is 18.5 Å². The molecule has 0 saturated heterocycles. The van der Waals surface area contributed by atoms with E-state index in [-0.39, 0.29) is 0 Å². The topological polar surface area (TPSA) is 64.9 Å². The predicted molar refractivity (Wildman–Crippen MR) is 103 cm³/mol. The average molecular weight is 351 g/mol. The summed E-state index contributed by atoms with van der Waals surface area (Å²) in [6.07, 6.45) is 2.85. The Morgan fingerprint density at radius 1 is 1.08 bits per heavy atom. The highest BCUT2D eigenvalue weighted by Crippen LogP contribution is 2.18. The maximum atomic E-state index is 5.82. The minimum absolute atomic E-state index is 0.662. The molecule has 0 unspecified atom stereocenters. The molecule has 0 atom stereocenters. The first-order valence-corrected chi connectivity index (χ1v) is 8.97. The van der Waals surface area contributed by atoms with Gasteiger partial charge in [0, 0.05) is 25.4 Å². The monoisotopic (exact) mass is 351 g/mol. The number of nitrogens with zero attached hydrogens (tertiary/aromatic N) is 4. The summed E-state index contributed by atoms with van der Waals surface area (Å²) < 4.78 is 7.71. The summed E-state index contributed by atoms with van der Waals surface area (Å²) in [5.41, 5.74) is 2.86. The van der Waals surface area contributed by atoms with Crippen molar-refractivity contribution in [3.8, 4) is 17.1 Å². The molecule has 2 heterocycles. The normalized spacial score (nSPS) is 10.7. The molecule has 1 aromatic carbocycles. The van der Waals surface area contributed by atoms with E-state index in [4.69, 9.17) is 4.74 Å². The van der Waals surface area contributed by atoms with Crippen LogP contribution in [-0.4, -0.2) is 32.9 Å². The number of aryl methyl sites for hydroxylation is 3. The summed E-state index contributed by atoms with van der Waals surface area (Å²) in [6.45, 7) is 8.30. The van der Waals surface area contributed by atoms with Crippen LogP contribution < -0.4 is 10.1 Å². The summed E-state index contributed by atoms with van der Waals surface area (Å²) in [4.78, 5) is 8.95. The molecule has 136 valence electrons. The highest BCUT2D eigenvalue weighted by Gasteiger charge is 2.07. The van der Waals surface area contributed by atoms with Gasteiger partial charge in [0.2, 0.25) is 0 Å². The number of aromatic nitrogens is 4. The summed E-state index contributed by atoms with van der Waals surface area (Å²) in [7, 11) is 0. The van der Waals surface area contributed by atoms with E-state index >= 15 is 0 Å². The highest BCUT2D eigenvalue weighted by atomic mass is 16.5. The van der Waals surface area contributed by atoms with E-state index < -0.39 is 0 Å². The minimum Gasteiger partial charge on any atom is -0.493 e. The summed E-state index contributed by atoms with van der Waals surface area (Å²) in [5, 5.41) is 7.86. The Labute approximate surface area is 154 Å². The van der Waals surface area contributed by atoms with Crippen LogP contribution >= 0.6 is 0 Å². The first-order valence-electron chi connectivity index (χ1n) is 8.97. The fourth-order valence-corrected chi connectivity index (χ4v) is 2.65. The molecule has 3 aromatic rings. The molecule has 0 aliphatic rings. The predicted octanol–water partition coefficient (Wildman–Crippen LogP) is 3.86. The molecule has 2 aromatic heterocycles. The van der Waals surface area contributed by atoms with Gasteiger partial charge in [0.05, 0.1) is 12.3 Å². The molecule has 0 spiro atoms. The Hall–Kier alpha value is -2.89. The average Bonchev–Trinajstić information content (AvgIpc) is 3.12. The zero-order valence-electron chi connectivity index (χ0n) is 15.6. The van der Waals surface area contributed by atoms with Crippen LogP contribution in [0.1, 0.15) is 24.7 Å². The maximum Gasteiger partial charge on any atom is 0.130 e. The van der Waals surface area contributed by atoms with Crippen LogP contribution in [0.5, 0.6) is 5.75 Å². The molecular weight excluding hydrogens is 326 g/mol. The first-order chi connectivity index (χ1) is 12.7. The van der Waals surface area contributed by atoms with Crippen molar-refractivity contribution in [2.45, 2.75) is 33.7 Å². The van der Waals surface area contributed by atoms with Crippen LogP contribution in [0.4, 0.5) is 5.82 Å².